The number of aromatic nitrogens is 1. The Kier molecular flexibility index (Phi) is 7.74. The third-order valence-electron chi connectivity index (χ3n) is 5.35. The van der Waals surface area contributed by atoms with Crippen LogP contribution in [0.1, 0.15) is 52.8 Å². The summed E-state index contributed by atoms with van der Waals surface area (Å²) < 4.78 is 10.2. The number of aliphatic hydroxyl groups excluding tert-OH is 2. The van der Waals surface area contributed by atoms with Gasteiger partial charge in [0.25, 0.3) is 0 Å². The van der Waals surface area contributed by atoms with E-state index in [1.54, 1.807) is 12.2 Å². The van der Waals surface area contributed by atoms with Crippen LogP contribution in [0.3, 0.4) is 0 Å². The molecule has 0 spiro atoms. The molecule has 1 aliphatic rings. The van der Waals surface area contributed by atoms with Crippen molar-refractivity contribution in [2.75, 3.05) is 7.11 Å². The quantitative estimate of drug-likeness (QED) is 0.535. The van der Waals surface area contributed by atoms with Gasteiger partial charge in [0.2, 0.25) is 0 Å². The van der Waals surface area contributed by atoms with E-state index < -0.39 is 30.1 Å². The van der Waals surface area contributed by atoms with Gasteiger partial charge in [-0.2, -0.15) is 0 Å². The SMILES string of the molecule is COC(=O)c1cc(CO)c2c(n1)[C@@H](O)[C@H](NC(C(=O)OCc1ccccc1)C(C)C)C=C2. The summed E-state index contributed by atoms with van der Waals surface area (Å²) in [6, 6.07) is 9.50. The number of carbonyl (C=O) groups is 2. The van der Waals surface area contributed by atoms with Crippen LogP contribution in [0.4, 0.5) is 0 Å². The van der Waals surface area contributed by atoms with E-state index in [9.17, 15) is 19.8 Å². The van der Waals surface area contributed by atoms with Crippen LogP contribution in [0, 0.1) is 5.92 Å². The minimum absolute atomic E-state index is 0.00826. The minimum atomic E-state index is -1.15. The molecule has 1 aromatic heterocycles. The van der Waals surface area contributed by atoms with Gasteiger partial charge in [0.15, 0.2) is 0 Å². The van der Waals surface area contributed by atoms with E-state index in [-0.39, 0.29) is 30.5 Å². The van der Waals surface area contributed by atoms with Crippen molar-refractivity contribution in [2.24, 2.45) is 5.92 Å². The molecule has 8 nitrogen and oxygen atoms in total. The standard InChI is InChI=1S/C24H28N2O6/c1-14(2)20(24(30)32-13-15-7-5-4-6-8-15)25-18-10-9-17-16(12-27)11-19(23(29)31-3)26-21(17)22(18)28/h4-11,14,18,20,22,25,27-28H,12-13H2,1-3H3/t18-,20?,22+/m1/s1. The second-order valence-electron chi connectivity index (χ2n) is 7.93. The van der Waals surface area contributed by atoms with Gasteiger partial charge in [-0.25, -0.2) is 9.78 Å². The Hall–Kier alpha value is -3.07. The maximum Gasteiger partial charge on any atom is 0.356 e. The Balaban J connectivity index is 1.78. The molecule has 170 valence electrons. The van der Waals surface area contributed by atoms with Gasteiger partial charge >= 0.3 is 11.9 Å². The number of ether oxygens (including phenoxy) is 2. The Morgan fingerprint density at radius 2 is 1.94 bits per heavy atom. The van der Waals surface area contributed by atoms with Gasteiger partial charge < -0.3 is 19.7 Å². The lowest BCUT2D eigenvalue weighted by atomic mass is 9.91. The zero-order valence-electron chi connectivity index (χ0n) is 18.3. The summed E-state index contributed by atoms with van der Waals surface area (Å²) in [7, 11) is 1.23. The predicted octanol–water partition coefficient (Wildman–Crippen LogP) is 2.15. The summed E-state index contributed by atoms with van der Waals surface area (Å²) in [5.41, 5.74) is 2.10. The Morgan fingerprint density at radius 3 is 2.56 bits per heavy atom. The largest absolute Gasteiger partial charge is 0.464 e. The van der Waals surface area contributed by atoms with Crippen LogP contribution in [0.5, 0.6) is 0 Å². The number of benzene rings is 1. The fourth-order valence-corrected chi connectivity index (χ4v) is 3.57. The molecule has 0 aliphatic heterocycles. The first kappa shape index (κ1) is 23.6. The number of aliphatic hydroxyl groups is 2. The molecule has 3 rings (SSSR count). The van der Waals surface area contributed by atoms with E-state index in [4.69, 9.17) is 9.47 Å². The van der Waals surface area contributed by atoms with Crippen molar-refractivity contribution in [3.8, 4) is 0 Å². The van der Waals surface area contributed by atoms with Crippen molar-refractivity contribution < 1.29 is 29.3 Å². The molecule has 0 bridgehead atoms. The van der Waals surface area contributed by atoms with Gasteiger partial charge in [-0.15, -0.1) is 0 Å². The summed E-state index contributed by atoms with van der Waals surface area (Å²) in [6.07, 6.45) is 2.28. The maximum absolute atomic E-state index is 12.8. The van der Waals surface area contributed by atoms with Gasteiger partial charge in [-0.1, -0.05) is 56.3 Å². The molecule has 3 N–H and O–H groups in total. The Bertz CT molecular complexity index is 989. The third-order valence-corrected chi connectivity index (χ3v) is 5.35. The number of hydrogen-bond donors (Lipinski definition) is 3. The molecule has 8 heteroatoms. The fraction of sp³-hybridized carbons (Fsp3) is 0.375. The smallest absolute Gasteiger partial charge is 0.356 e. The highest BCUT2D eigenvalue weighted by molar-refractivity contribution is 5.88. The number of rotatable bonds is 8. The third kappa shape index (κ3) is 5.21. The number of hydrogen-bond acceptors (Lipinski definition) is 8. The number of pyridine rings is 1. The van der Waals surface area contributed by atoms with Crippen molar-refractivity contribution in [2.45, 2.75) is 45.2 Å². The van der Waals surface area contributed by atoms with Crippen LogP contribution in [-0.4, -0.2) is 46.3 Å². The number of fused-ring (bicyclic) bond motifs is 1. The minimum Gasteiger partial charge on any atom is -0.464 e. The van der Waals surface area contributed by atoms with E-state index in [2.05, 4.69) is 10.3 Å². The van der Waals surface area contributed by atoms with E-state index in [1.165, 1.54) is 13.2 Å². The molecular formula is C24H28N2O6. The number of nitrogens with zero attached hydrogens (tertiary/aromatic N) is 1. The highest BCUT2D eigenvalue weighted by Gasteiger charge is 2.33. The topological polar surface area (TPSA) is 118 Å². The second-order valence-corrected chi connectivity index (χ2v) is 7.93. The van der Waals surface area contributed by atoms with E-state index in [1.807, 2.05) is 44.2 Å². The molecule has 0 saturated heterocycles. The average molecular weight is 440 g/mol. The van der Waals surface area contributed by atoms with Crippen LogP contribution >= 0.6 is 0 Å². The van der Waals surface area contributed by atoms with Crippen molar-refractivity contribution in [3.05, 3.63) is 70.6 Å². The fourth-order valence-electron chi connectivity index (χ4n) is 3.57. The number of esters is 2. The average Bonchev–Trinajstić information content (AvgIpc) is 2.81. The van der Waals surface area contributed by atoms with Gasteiger partial charge in [-0.05, 0) is 23.1 Å². The summed E-state index contributed by atoms with van der Waals surface area (Å²) in [5.74, 6) is -1.21. The summed E-state index contributed by atoms with van der Waals surface area (Å²) in [6.45, 7) is 3.59. The number of methoxy groups -OCH3 is 1. The molecule has 3 atom stereocenters. The lowest BCUT2D eigenvalue weighted by Gasteiger charge is -2.31. The molecule has 1 unspecified atom stereocenters. The molecular weight excluding hydrogens is 412 g/mol. The Labute approximate surface area is 186 Å². The van der Waals surface area contributed by atoms with Crippen LogP contribution in [0.25, 0.3) is 6.08 Å². The van der Waals surface area contributed by atoms with Gasteiger partial charge in [0.1, 0.15) is 24.4 Å². The molecule has 0 radical (unpaired) electrons. The predicted molar refractivity (Wildman–Crippen MR) is 117 cm³/mol. The summed E-state index contributed by atoms with van der Waals surface area (Å²) in [5, 5.41) is 23.8. The molecule has 0 amide bonds. The first-order valence-electron chi connectivity index (χ1n) is 10.4. The molecule has 32 heavy (non-hydrogen) atoms. The second kappa shape index (κ2) is 10.5. The highest BCUT2D eigenvalue weighted by Crippen LogP contribution is 2.30. The van der Waals surface area contributed by atoms with E-state index in [0.29, 0.717) is 11.1 Å². The maximum atomic E-state index is 12.8. The zero-order chi connectivity index (χ0) is 23.3. The number of carbonyl (C=O) groups excluding carboxylic acids is 2. The molecule has 1 aliphatic carbocycles. The number of nitrogens with one attached hydrogen (secondary N) is 1. The first-order valence-corrected chi connectivity index (χ1v) is 10.4. The van der Waals surface area contributed by atoms with Crippen molar-refractivity contribution >= 4 is 18.0 Å². The van der Waals surface area contributed by atoms with Crippen LogP contribution in [0.15, 0.2) is 42.5 Å². The lowest BCUT2D eigenvalue weighted by molar-refractivity contribution is -0.149. The molecule has 0 fully saturated rings. The van der Waals surface area contributed by atoms with Crippen molar-refractivity contribution in [1.29, 1.82) is 0 Å². The Morgan fingerprint density at radius 1 is 1.22 bits per heavy atom. The molecule has 0 saturated carbocycles. The molecule has 1 aromatic carbocycles. The van der Waals surface area contributed by atoms with Gasteiger partial charge in [0, 0.05) is 5.56 Å². The van der Waals surface area contributed by atoms with E-state index in [0.717, 1.165) is 5.56 Å². The van der Waals surface area contributed by atoms with Crippen molar-refractivity contribution in [1.82, 2.24) is 10.3 Å². The zero-order valence-corrected chi connectivity index (χ0v) is 18.3. The van der Waals surface area contributed by atoms with Crippen LogP contribution < -0.4 is 5.32 Å². The van der Waals surface area contributed by atoms with Gasteiger partial charge in [0.05, 0.1) is 25.5 Å². The molecule has 1 heterocycles. The van der Waals surface area contributed by atoms with Crippen molar-refractivity contribution in [3.63, 3.8) is 0 Å². The summed E-state index contributed by atoms with van der Waals surface area (Å²) in [4.78, 5) is 29.0. The van der Waals surface area contributed by atoms with Gasteiger partial charge in [-0.3, -0.25) is 10.1 Å². The van der Waals surface area contributed by atoms with Crippen LogP contribution in [0.2, 0.25) is 0 Å². The lowest BCUT2D eigenvalue weighted by Crippen LogP contribution is -2.49. The van der Waals surface area contributed by atoms with E-state index >= 15 is 0 Å². The van der Waals surface area contributed by atoms with Crippen LogP contribution in [-0.2, 0) is 27.5 Å². The first-order chi connectivity index (χ1) is 15.3. The molecule has 2 aromatic rings. The monoisotopic (exact) mass is 440 g/mol. The summed E-state index contributed by atoms with van der Waals surface area (Å²) >= 11 is 0. The normalized spacial score (nSPS) is 18.2. The highest BCUT2D eigenvalue weighted by atomic mass is 16.5.